The Morgan fingerprint density at radius 3 is 2.78 bits per heavy atom. The van der Waals surface area contributed by atoms with Crippen LogP contribution in [0.3, 0.4) is 0 Å². The number of rotatable bonds is 6. The molecule has 1 heterocycles. The first-order valence-electron chi connectivity index (χ1n) is 7.46. The van der Waals surface area contributed by atoms with E-state index in [0.717, 1.165) is 29.6 Å². The Morgan fingerprint density at radius 2 is 2.09 bits per heavy atom. The van der Waals surface area contributed by atoms with Crippen LogP contribution in [0.5, 0.6) is 0 Å². The number of methoxy groups -OCH3 is 1. The van der Waals surface area contributed by atoms with Gasteiger partial charge in [0.05, 0.1) is 33.4 Å². The normalized spacial score (nSPS) is 10.8. The van der Waals surface area contributed by atoms with E-state index in [4.69, 9.17) is 17.0 Å². The minimum atomic E-state index is -0.354. The van der Waals surface area contributed by atoms with E-state index in [2.05, 4.69) is 24.7 Å². The average molecular weight is 353 g/mol. The highest BCUT2D eigenvalue weighted by Crippen LogP contribution is 2.36. The first-order valence-corrected chi connectivity index (χ1v) is 8.69. The standard InChI is InChI=1S/C16H21N3O2S2/c1-19(2)10-6-9-17-16(22)18-13-11-7-4-5-8-12(11)23-14(13)15(20)21-3/h4-5,7-8H,6,9-10H2,1-3H3,(H2,17,18,22)/p+1. The van der Waals surface area contributed by atoms with Crippen LogP contribution < -0.4 is 15.5 Å². The third kappa shape index (κ3) is 4.63. The highest BCUT2D eigenvalue weighted by molar-refractivity contribution is 7.80. The van der Waals surface area contributed by atoms with E-state index in [1.807, 2.05) is 24.3 Å². The average Bonchev–Trinajstić information content (AvgIpc) is 2.89. The highest BCUT2D eigenvalue weighted by Gasteiger charge is 2.19. The van der Waals surface area contributed by atoms with Crippen LogP contribution in [-0.4, -0.2) is 45.4 Å². The van der Waals surface area contributed by atoms with Crippen LogP contribution in [0.15, 0.2) is 24.3 Å². The number of thiocarbonyl (C=S) groups is 1. The number of carbonyl (C=O) groups is 1. The summed E-state index contributed by atoms with van der Waals surface area (Å²) in [5.74, 6) is -0.354. The Morgan fingerprint density at radius 1 is 1.35 bits per heavy atom. The Labute approximate surface area is 145 Å². The molecule has 0 bridgehead atoms. The van der Waals surface area contributed by atoms with Crippen molar-refractivity contribution in [1.82, 2.24) is 5.32 Å². The van der Waals surface area contributed by atoms with Crippen molar-refractivity contribution in [1.29, 1.82) is 0 Å². The van der Waals surface area contributed by atoms with Crippen molar-refractivity contribution < 1.29 is 14.4 Å². The topological polar surface area (TPSA) is 54.8 Å². The zero-order valence-electron chi connectivity index (χ0n) is 13.6. The molecule has 1 aromatic heterocycles. The molecule has 0 atom stereocenters. The lowest BCUT2D eigenvalue weighted by Gasteiger charge is -2.12. The quantitative estimate of drug-likeness (QED) is 0.418. The van der Waals surface area contributed by atoms with Crippen LogP contribution in [0.4, 0.5) is 5.69 Å². The van der Waals surface area contributed by atoms with Crippen molar-refractivity contribution in [2.45, 2.75) is 6.42 Å². The van der Waals surface area contributed by atoms with Gasteiger partial charge in [-0.15, -0.1) is 11.3 Å². The molecule has 0 aliphatic heterocycles. The Kier molecular flexibility index (Phi) is 6.32. The summed E-state index contributed by atoms with van der Waals surface area (Å²) in [6, 6.07) is 7.84. The number of fused-ring (bicyclic) bond motifs is 1. The van der Waals surface area contributed by atoms with Gasteiger partial charge in [0.15, 0.2) is 5.11 Å². The molecule has 23 heavy (non-hydrogen) atoms. The highest BCUT2D eigenvalue weighted by atomic mass is 32.1. The van der Waals surface area contributed by atoms with E-state index in [9.17, 15) is 4.79 Å². The molecule has 0 saturated heterocycles. The molecular formula is C16H22N3O2S2+. The lowest BCUT2D eigenvalue weighted by atomic mass is 10.2. The molecule has 0 radical (unpaired) electrons. The van der Waals surface area contributed by atoms with Crippen molar-refractivity contribution >= 4 is 50.4 Å². The van der Waals surface area contributed by atoms with Crippen molar-refractivity contribution in [3.05, 3.63) is 29.1 Å². The number of ether oxygens (including phenoxy) is 1. The molecule has 2 rings (SSSR count). The number of thiophene rings is 1. The maximum Gasteiger partial charge on any atom is 0.350 e. The number of benzene rings is 1. The number of quaternary nitrogens is 1. The maximum atomic E-state index is 12.0. The number of hydrogen-bond acceptors (Lipinski definition) is 4. The van der Waals surface area contributed by atoms with Crippen molar-refractivity contribution in [3.63, 3.8) is 0 Å². The van der Waals surface area contributed by atoms with E-state index in [0.29, 0.717) is 15.7 Å². The molecule has 0 amide bonds. The van der Waals surface area contributed by atoms with Gasteiger partial charge in [0, 0.05) is 23.1 Å². The van der Waals surface area contributed by atoms with Crippen molar-refractivity contribution in [3.8, 4) is 0 Å². The van der Waals surface area contributed by atoms with E-state index in [1.54, 1.807) is 0 Å². The lowest BCUT2D eigenvalue weighted by Crippen LogP contribution is -3.05. The summed E-state index contributed by atoms with van der Waals surface area (Å²) in [7, 11) is 5.63. The number of carbonyl (C=O) groups excluding carboxylic acids is 1. The first kappa shape index (κ1) is 17.7. The molecule has 0 saturated carbocycles. The molecule has 124 valence electrons. The molecule has 0 aliphatic rings. The van der Waals surface area contributed by atoms with Gasteiger partial charge in [0.25, 0.3) is 0 Å². The lowest BCUT2D eigenvalue weighted by molar-refractivity contribution is -0.858. The van der Waals surface area contributed by atoms with Gasteiger partial charge < -0.3 is 20.3 Å². The molecule has 0 spiro atoms. The maximum absolute atomic E-state index is 12.0. The monoisotopic (exact) mass is 352 g/mol. The summed E-state index contributed by atoms with van der Waals surface area (Å²) in [5, 5.41) is 7.84. The zero-order chi connectivity index (χ0) is 16.8. The number of anilines is 1. The van der Waals surface area contributed by atoms with Gasteiger partial charge in [-0.2, -0.15) is 0 Å². The summed E-state index contributed by atoms with van der Waals surface area (Å²) < 4.78 is 5.90. The SMILES string of the molecule is COC(=O)c1sc2ccccc2c1NC(=S)NCCC[NH+](C)C. The van der Waals surface area contributed by atoms with Gasteiger partial charge in [0.1, 0.15) is 4.88 Å². The predicted molar refractivity (Wildman–Crippen MR) is 99.7 cm³/mol. The fraction of sp³-hybridized carbons (Fsp3) is 0.375. The predicted octanol–water partition coefficient (Wildman–Crippen LogP) is 1.51. The number of esters is 1. The Hall–Kier alpha value is -1.70. The molecule has 3 N–H and O–H groups in total. The van der Waals surface area contributed by atoms with Crippen LogP contribution in [0.25, 0.3) is 10.1 Å². The molecule has 0 fully saturated rings. The summed E-state index contributed by atoms with van der Waals surface area (Å²) in [6.45, 7) is 1.87. The van der Waals surface area contributed by atoms with Gasteiger partial charge in [0.2, 0.25) is 0 Å². The summed E-state index contributed by atoms with van der Waals surface area (Å²) in [5.41, 5.74) is 0.716. The van der Waals surface area contributed by atoms with Crippen LogP contribution >= 0.6 is 23.6 Å². The van der Waals surface area contributed by atoms with Gasteiger partial charge in [-0.25, -0.2) is 4.79 Å². The number of hydrogen-bond donors (Lipinski definition) is 3. The molecule has 0 unspecified atom stereocenters. The second-order valence-electron chi connectivity index (χ2n) is 5.49. The third-order valence-electron chi connectivity index (χ3n) is 3.34. The van der Waals surface area contributed by atoms with E-state index in [1.165, 1.54) is 23.3 Å². The minimum Gasteiger partial charge on any atom is -0.465 e. The van der Waals surface area contributed by atoms with Gasteiger partial charge in [-0.05, 0) is 18.3 Å². The van der Waals surface area contributed by atoms with Crippen molar-refractivity contribution in [2.24, 2.45) is 0 Å². The molecule has 0 aliphatic carbocycles. The Balaban J connectivity index is 2.11. The number of nitrogens with one attached hydrogen (secondary N) is 3. The fourth-order valence-electron chi connectivity index (χ4n) is 2.21. The van der Waals surface area contributed by atoms with Gasteiger partial charge in [-0.3, -0.25) is 0 Å². The third-order valence-corrected chi connectivity index (χ3v) is 4.74. The van der Waals surface area contributed by atoms with Gasteiger partial charge >= 0.3 is 5.97 Å². The molecule has 1 aromatic carbocycles. The Bertz CT molecular complexity index is 698. The second kappa shape index (κ2) is 8.24. The van der Waals surface area contributed by atoms with E-state index < -0.39 is 0 Å². The molecule has 5 nitrogen and oxygen atoms in total. The smallest absolute Gasteiger partial charge is 0.350 e. The molecular weight excluding hydrogens is 330 g/mol. The van der Waals surface area contributed by atoms with E-state index >= 15 is 0 Å². The summed E-state index contributed by atoms with van der Waals surface area (Å²) in [6.07, 6.45) is 1.03. The first-order chi connectivity index (χ1) is 11.0. The summed E-state index contributed by atoms with van der Waals surface area (Å²) >= 11 is 6.75. The van der Waals surface area contributed by atoms with Gasteiger partial charge in [-0.1, -0.05) is 18.2 Å². The van der Waals surface area contributed by atoms with Crippen molar-refractivity contribution in [2.75, 3.05) is 39.6 Å². The zero-order valence-corrected chi connectivity index (χ0v) is 15.2. The van der Waals surface area contributed by atoms with E-state index in [-0.39, 0.29) is 5.97 Å². The molecule has 2 aromatic rings. The van der Waals surface area contributed by atoms with Crippen LogP contribution in [-0.2, 0) is 4.74 Å². The fourth-order valence-corrected chi connectivity index (χ4v) is 3.49. The van der Waals surface area contributed by atoms with Crippen LogP contribution in [0.1, 0.15) is 16.1 Å². The minimum absolute atomic E-state index is 0.354. The van der Waals surface area contributed by atoms with Crippen LogP contribution in [0, 0.1) is 0 Å². The largest absolute Gasteiger partial charge is 0.465 e. The second-order valence-corrected chi connectivity index (χ2v) is 6.95. The molecule has 7 heteroatoms. The summed E-state index contributed by atoms with van der Waals surface area (Å²) in [4.78, 5) is 13.9. The van der Waals surface area contributed by atoms with Crippen LogP contribution in [0.2, 0.25) is 0 Å².